The van der Waals surface area contributed by atoms with Crippen LogP contribution in [0.25, 0.3) is 0 Å². The molecule has 3 rings (SSSR count). The zero-order valence-electron chi connectivity index (χ0n) is 20.0. The maximum atomic E-state index is 12.0. The van der Waals surface area contributed by atoms with Gasteiger partial charge in [0.25, 0.3) is 0 Å². The van der Waals surface area contributed by atoms with E-state index in [9.17, 15) is 4.79 Å². The number of amides is 1. The summed E-state index contributed by atoms with van der Waals surface area (Å²) in [5.74, 6) is 2.57. The number of ether oxygens (including phenoxy) is 2. The van der Waals surface area contributed by atoms with E-state index in [4.69, 9.17) is 9.47 Å². The summed E-state index contributed by atoms with van der Waals surface area (Å²) in [5.41, 5.74) is 1.07. The average Bonchev–Trinajstić information content (AvgIpc) is 3.28. The van der Waals surface area contributed by atoms with Gasteiger partial charge in [-0.25, -0.2) is 0 Å². The van der Waals surface area contributed by atoms with Gasteiger partial charge in [0.05, 0.1) is 19.8 Å². The highest BCUT2D eigenvalue weighted by Gasteiger charge is 2.23. The molecule has 8 nitrogen and oxygen atoms in total. The number of guanidine groups is 1. The van der Waals surface area contributed by atoms with Crippen LogP contribution in [0.15, 0.2) is 23.2 Å². The molecule has 1 aliphatic heterocycles. The zero-order chi connectivity index (χ0) is 22.9. The summed E-state index contributed by atoms with van der Waals surface area (Å²) >= 11 is 0. The fraction of sp³-hybridized carbons (Fsp3) is 0.667. The van der Waals surface area contributed by atoms with Crippen molar-refractivity contribution >= 4 is 11.9 Å². The van der Waals surface area contributed by atoms with Crippen LogP contribution in [0.1, 0.15) is 45.1 Å². The van der Waals surface area contributed by atoms with Gasteiger partial charge in [-0.1, -0.05) is 12.1 Å². The lowest BCUT2D eigenvalue weighted by atomic mass is 10.1. The van der Waals surface area contributed by atoms with Crippen molar-refractivity contribution in [3.05, 3.63) is 23.8 Å². The van der Waals surface area contributed by atoms with Crippen molar-refractivity contribution in [3.63, 3.8) is 0 Å². The standard InChI is InChI=1S/C24H39N5O3/c1-18(2)27-22(30)17-28-12-14-29(15-13-28)24(25-3)26-16-19-8-7-11-21(31-4)23(19)32-20-9-5-6-10-20/h7-8,11,18,20H,5-6,9-10,12-17H2,1-4H3,(H,25,26)(H,27,30). The molecule has 0 spiro atoms. The van der Waals surface area contributed by atoms with Gasteiger partial charge in [0.1, 0.15) is 0 Å². The van der Waals surface area contributed by atoms with Crippen molar-refractivity contribution in [2.45, 2.75) is 58.2 Å². The Hall–Kier alpha value is -2.48. The third-order valence-corrected chi connectivity index (χ3v) is 6.00. The molecule has 1 aromatic rings. The molecule has 0 aromatic heterocycles. The van der Waals surface area contributed by atoms with Crippen molar-refractivity contribution in [2.75, 3.05) is 46.9 Å². The van der Waals surface area contributed by atoms with Crippen molar-refractivity contribution in [2.24, 2.45) is 4.99 Å². The molecule has 2 N–H and O–H groups in total. The molecule has 0 radical (unpaired) electrons. The molecule has 1 aliphatic carbocycles. The van der Waals surface area contributed by atoms with Gasteiger partial charge in [-0.15, -0.1) is 0 Å². The number of rotatable bonds is 8. The number of carbonyl (C=O) groups excluding carboxylic acids is 1. The minimum absolute atomic E-state index is 0.0868. The van der Waals surface area contributed by atoms with Crippen LogP contribution < -0.4 is 20.1 Å². The molecule has 1 heterocycles. The monoisotopic (exact) mass is 445 g/mol. The highest BCUT2D eigenvalue weighted by atomic mass is 16.5. The summed E-state index contributed by atoms with van der Waals surface area (Å²) in [4.78, 5) is 21.0. The summed E-state index contributed by atoms with van der Waals surface area (Å²) in [5, 5.41) is 6.46. The number of nitrogens with one attached hydrogen (secondary N) is 2. The van der Waals surface area contributed by atoms with Crippen LogP contribution in [0.4, 0.5) is 0 Å². The number of methoxy groups -OCH3 is 1. The molecule has 1 aromatic carbocycles. The fourth-order valence-electron chi connectivity index (χ4n) is 4.36. The third-order valence-electron chi connectivity index (χ3n) is 6.00. The minimum atomic E-state index is 0.0868. The number of hydrogen-bond donors (Lipinski definition) is 2. The first-order valence-electron chi connectivity index (χ1n) is 11.8. The highest BCUT2D eigenvalue weighted by molar-refractivity contribution is 5.80. The fourth-order valence-corrected chi connectivity index (χ4v) is 4.36. The van der Waals surface area contributed by atoms with Crippen molar-refractivity contribution in [3.8, 4) is 11.5 Å². The van der Waals surface area contributed by atoms with Crippen LogP contribution in [-0.4, -0.2) is 80.7 Å². The zero-order valence-corrected chi connectivity index (χ0v) is 20.0. The Labute approximate surface area is 192 Å². The van der Waals surface area contributed by atoms with E-state index in [0.717, 1.165) is 62.0 Å². The van der Waals surface area contributed by atoms with Crippen LogP contribution in [0.2, 0.25) is 0 Å². The number of nitrogens with zero attached hydrogens (tertiary/aromatic N) is 3. The lowest BCUT2D eigenvalue weighted by molar-refractivity contribution is -0.123. The first-order valence-corrected chi connectivity index (χ1v) is 11.8. The Balaban J connectivity index is 1.55. The Morgan fingerprint density at radius 2 is 1.91 bits per heavy atom. The van der Waals surface area contributed by atoms with Gasteiger partial charge in [0, 0.05) is 51.4 Å². The maximum absolute atomic E-state index is 12.0. The second-order valence-corrected chi connectivity index (χ2v) is 8.86. The predicted molar refractivity (Wildman–Crippen MR) is 127 cm³/mol. The molecule has 1 saturated heterocycles. The molecule has 178 valence electrons. The van der Waals surface area contributed by atoms with Gasteiger partial charge >= 0.3 is 0 Å². The Bertz CT molecular complexity index is 769. The van der Waals surface area contributed by atoms with Crippen LogP contribution in [0, 0.1) is 0 Å². The molecule has 1 saturated carbocycles. The molecule has 0 unspecified atom stereocenters. The van der Waals surface area contributed by atoms with E-state index in [1.54, 1.807) is 7.11 Å². The number of para-hydroxylation sites is 1. The largest absolute Gasteiger partial charge is 0.493 e. The molecular formula is C24H39N5O3. The predicted octanol–water partition coefficient (Wildman–Crippen LogP) is 2.23. The lowest BCUT2D eigenvalue weighted by Gasteiger charge is -2.36. The number of benzene rings is 1. The molecule has 2 aliphatic rings. The van der Waals surface area contributed by atoms with E-state index in [0.29, 0.717) is 13.1 Å². The molecule has 0 atom stereocenters. The lowest BCUT2D eigenvalue weighted by Crippen LogP contribution is -2.54. The van der Waals surface area contributed by atoms with Gasteiger partial charge in [-0.05, 0) is 45.6 Å². The van der Waals surface area contributed by atoms with Crippen molar-refractivity contribution < 1.29 is 14.3 Å². The van der Waals surface area contributed by atoms with Crippen LogP contribution in [-0.2, 0) is 11.3 Å². The molecular weight excluding hydrogens is 406 g/mol. The average molecular weight is 446 g/mol. The van der Waals surface area contributed by atoms with E-state index < -0.39 is 0 Å². The minimum Gasteiger partial charge on any atom is -0.493 e. The van der Waals surface area contributed by atoms with Crippen LogP contribution in [0.5, 0.6) is 11.5 Å². The summed E-state index contributed by atoms with van der Waals surface area (Å²) in [6.07, 6.45) is 4.93. The summed E-state index contributed by atoms with van der Waals surface area (Å²) in [6.45, 7) is 8.36. The second kappa shape index (κ2) is 11.9. The molecule has 2 fully saturated rings. The van der Waals surface area contributed by atoms with Gasteiger partial charge in [-0.3, -0.25) is 14.7 Å². The molecule has 8 heteroatoms. The molecule has 32 heavy (non-hydrogen) atoms. The van der Waals surface area contributed by atoms with E-state index in [-0.39, 0.29) is 18.1 Å². The van der Waals surface area contributed by atoms with E-state index >= 15 is 0 Å². The van der Waals surface area contributed by atoms with Gasteiger partial charge in [-0.2, -0.15) is 0 Å². The van der Waals surface area contributed by atoms with Crippen molar-refractivity contribution in [1.82, 2.24) is 20.4 Å². The maximum Gasteiger partial charge on any atom is 0.234 e. The molecule has 0 bridgehead atoms. The smallest absolute Gasteiger partial charge is 0.234 e. The first-order chi connectivity index (χ1) is 15.5. The first kappa shape index (κ1) is 24.2. The van der Waals surface area contributed by atoms with Gasteiger partial charge in [0.15, 0.2) is 17.5 Å². The van der Waals surface area contributed by atoms with E-state index in [1.165, 1.54) is 12.8 Å². The van der Waals surface area contributed by atoms with Crippen LogP contribution in [0.3, 0.4) is 0 Å². The van der Waals surface area contributed by atoms with Gasteiger partial charge in [0.2, 0.25) is 5.91 Å². The summed E-state index contributed by atoms with van der Waals surface area (Å²) in [6, 6.07) is 6.21. The summed E-state index contributed by atoms with van der Waals surface area (Å²) < 4.78 is 11.9. The topological polar surface area (TPSA) is 78.4 Å². The third kappa shape index (κ3) is 6.76. The Morgan fingerprint density at radius 1 is 1.19 bits per heavy atom. The highest BCUT2D eigenvalue weighted by Crippen LogP contribution is 2.34. The van der Waals surface area contributed by atoms with E-state index in [1.807, 2.05) is 33.0 Å². The molecule has 1 amide bonds. The second-order valence-electron chi connectivity index (χ2n) is 8.86. The summed E-state index contributed by atoms with van der Waals surface area (Å²) in [7, 11) is 3.50. The SMILES string of the molecule is CN=C(NCc1cccc(OC)c1OC1CCCC1)N1CCN(CC(=O)NC(C)C)CC1. The normalized spacial score (nSPS) is 18.2. The Kier molecular flexibility index (Phi) is 9.02. The van der Waals surface area contributed by atoms with Crippen molar-refractivity contribution in [1.29, 1.82) is 0 Å². The number of hydrogen-bond acceptors (Lipinski definition) is 5. The quantitative estimate of drug-likeness (QED) is 0.472. The van der Waals surface area contributed by atoms with Crippen LogP contribution >= 0.6 is 0 Å². The van der Waals surface area contributed by atoms with E-state index in [2.05, 4.69) is 31.5 Å². The number of carbonyl (C=O) groups is 1. The Morgan fingerprint density at radius 3 is 2.53 bits per heavy atom. The number of aliphatic imine (C=N–C) groups is 1. The number of piperazine rings is 1. The van der Waals surface area contributed by atoms with Gasteiger partial charge < -0.3 is 25.0 Å².